The maximum Gasteiger partial charge on any atom is 0.534 e. The number of nitrogens with zero attached hydrogens (tertiary/aromatic N) is 5. The van der Waals surface area contributed by atoms with E-state index in [4.69, 9.17) is 11.6 Å². The minimum Gasteiger partial charge on any atom is -0.387 e. The summed E-state index contributed by atoms with van der Waals surface area (Å²) in [6, 6.07) is 6.23. The Morgan fingerprint density at radius 2 is 1.95 bits per heavy atom. The van der Waals surface area contributed by atoms with Crippen molar-refractivity contribution in [2.45, 2.75) is 18.2 Å². The lowest BCUT2D eigenvalue weighted by Gasteiger charge is -2.30. The second-order valence-electron chi connectivity index (χ2n) is 7.76. The number of halogens is 5. The Bertz CT molecular complexity index is 1510. The van der Waals surface area contributed by atoms with Gasteiger partial charge < -0.3 is 14.2 Å². The molecule has 0 fully saturated rings. The van der Waals surface area contributed by atoms with Crippen molar-refractivity contribution in [2.75, 3.05) is 18.0 Å². The molecule has 0 saturated heterocycles. The summed E-state index contributed by atoms with van der Waals surface area (Å²) in [4.78, 5) is 25.6. The van der Waals surface area contributed by atoms with Gasteiger partial charge in [0, 0.05) is 18.8 Å². The molecule has 1 aliphatic heterocycles. The van der Waals surface area contributed by atoms with E-state index >= 15 is 0 Å². The molecule has 0 bridgehead atoms. The van der Waals surface area contributed by atoms with Crippen molar-refractivity contribution in [1.29, 1.82) is 0 Å². The molecule has 16 heteroatoms. The number of aliphatic hydroxyl groups is 1. The zero-order chi connectivity index (χ0) is 27.0. The number of anilines is 1. The first kappa shape index (κ1) is 26.5. The van der Waals surface area contributed by atoms with Crippen molar-refractivity contribution in [1.82, 2.24) is 19.5 Å². The maximum absolute atomic E-state index is 13.4. The standard InChI is InChI=1S/C21H16ClF4N5O5S/c22-15-7-13(2-3-16(15)23)14-5-6-30(10-17(14)32)19-28-11-31(20(33)29-19)9-12-1-4-18(27-8-12)36-37(34,35)21(24,25)26/h1-5,7-8,11,17,32H,6,9-10H2/t17-/m0/s1. The van der Waals surface area contributed by atoms with Gasteiger partial charge in [-0.3, -0.25) is 4.57 Å². The predicted molar refractivity (Wildman–Crippen MR) is 123 cm³/mol. The maximum atomic E-state index is 13.4. The van der Waals surface area contributed by atoms with E-state index in [-0.39, 0.29) is 30.6 Å². The molecular weight excluding hydrogens is 546 g/mol. The summed E-state index contributed by atoms with van der Waals surface area (Å²) in [7, 11) is -5.86. The van der Waals surface area contributed by atoms with E-state index in [1.54, 1.807) is 11.0 Å². The average molecular weight is 562 g/mol. The van der Waals surface area contributed by atoms with Crippen LogP contribution >= 0.6 is 11.6 Å². The van der Waals surface area contributed by atoms with Gasteiger partial charge in [-0.05, 0) is 28.8 Å². The Labute approximate surface area is 211 Å². The summed E-state index contributed by atoms with van der Waals surface area (Å²) in [5.74, 6) is -1.33. The number of hydrogen-bond donors (Lipinski definition) is 1. The SMILES string of the molecule is O=c1nc(N2CC=C(c3ccc(F)c(Cl)c3)[C@@H](O)C2)ncn1Cc1ccc(OS(=O)(=O)C(F)(F)F)nc1. The van der Waals surface area contributed by atoms with E-state index in [2.05, 4.69) is 19.1 Å². The third-order valence-corrected chi connectivity index (χ3v) is 6.45. The second kappa shape index (κ2) is 10.1. The first-order valence-corrected chi connectivity index (χ1v) is 12.1. The fourth-order valence-corrected chi connectivity index (χ4v) is 3.99. The van der Waals surface area contributed by atoms with Crippen LogP contribution in [0.15, 0.2) is 53.7 Å². The molecule has 2 aromatic heterocycles. The van der Waals surface area contributed by atoms with Gasteiger partial charge in [0.25, 0.3) is 0 Å². The minimum absolute atomic E-state index is 0.0481. The fourth-order valence-electron chi connectivity index (χ4n) is 3.40. The van der Waals surface area contributed by atoms with Gasteiger partial charge in [-0.2, -0.15) is 26.6 Å². The Hall–Kier alpha value is -3.56. The molecule has 3 aromatic rings. The van der Waals surface area contributed by atoms with Crippen molar-refractivity contribution < 1.29 is 35.3 Å². The molecule has 0 radical (unpaired) electrons. The highest BCUT2D eigenvalue weighted by molar-refractivity contribution is 7.87. The molecule has 1 aromatic carbocycles. The zero-order valence-electron chi connectivity index (χ0n) is 18.4. The molecular formula is C21H16ClF4N5O5S. The molecule has 3 heterocycles. The van der Waals surface area contributed by atoms with Gasteiger partial charge >= 0.3 is 21.3 Å². The molecule has 0 spiro atoms. The molecule has 37 heavy (non-hydrogen) atoms. The smallest absolute Gasteiger partial charge is 0.387 e. The van der Waals surface area contributed by atoms with E-state index in [1.807, 2.05) is 0 Å². The lowest BCUT2D eigenvalue weighted by Crippen LogP contribution is -2.40. The summed E-state index contributed by atoms with van der Waals surface area (Å²) in [6.07, 6.45) is 2.92. The lowest BCUT2D eigenvalue weighted by molar-refractivity contribution is -0.0501. The number of benzene rings is 1. The number of alkyl halides is 3. The van der Waals surface area contributed by atoms with Crippen molar-refractivity contribution in [3.8, 4) is 5.88 Å². The molecule has 196 valence electrons. The van der Waals surface area contributed by atoms with E-state index in [1.165, 1.54) is 30.6 Å². The van der Waals surface area contributed by atoms with Crippen LogP contribution in [0.3, 0.4) is 0 Å². The van der Waals surface area contributed by atoms with E-state index < -0.39 is 39.1 Å². The molecule has 0 unspecified atom stereocenters. The Morgan fingerprint density at radius 3 is 2.54 bits per heavy atom. The molecule has 1 atom stereocenters. The Morgan fingerprint density at radius 1 is 1.19 bits per heavy atom. The normalized spacial score (nSPS) is 16.4. The molecule has 4 rings (SSSR count). The van der Waals surface area contributed by atoms with Crippen LogP contribution in [0.4, 0.5) is 23.5 Å². The van der Waals surface area contributed by atoms with E-state index in [0.29, 0.717) is 16.7 Å². The van der Waals surface area contributed by atoms with Gasteiger partial charge in [-0.25, -0.2) is 19.2 Å². The van der Waals surface area contributed by atoms with Crippen LogP contribution < -0.4 is 14.8 Å². The van der Waals surface area contributed by atoms with Crippen LogP contribution in [-0.4, -0.2) is 57.7 Å². The van der Waals surface area contributed by atoms with Crippen LogP contribution in [0.2, 0.25) is 5.02 Å². The summed E-state index contributed by atoms with van der Waals surface area (Å²) < 4.78 is 77.8. The highest BCUT2D eigenvalue weighted by Crippen LogP contribution is 2.28. The molecule has 1 N–H and O–H groups in total. The third kappa shape index (κ3) is 5.89. The predicted octanol–water partition coefficient (Wildman–Crippen LogP) is 2.37. The number of hydrogen-bond acceptors (Lipinski definition) is 9. The van der Waals surface area contributed by atoms with Crippen molar-refractivity contribution >= 4 is 33.2 Å². The van der Waals surface area contributed by atoms with Crippen LogP contribution in [-0.2, 0) is 16.7 Å². The summed E-state index contributed by atoms with van der Waals surface area (Å²) in [5.41, 5.74) is -4.89. The van der Waals surface area contributed by atoms with Gasteiger partial charge in [-0.15, -0.1) is 0 Å². The first-order chi connectivity index (χ1) is 17.3. The van der Waals surface area contributed by atoms with Gasteiger partial charge in [0.2, 0.25) is 11.8 Å². The number of rotatable bonds is 6. The number of aromatic nitrogens is 4. The average Bonchev–Trinajstić information content (AvgIpc) is 2.82. The highest BCUT2D eigenvalue weighted by atomic mass is 35.5. The highest BCUT2D eigenvalue weighted by Gasteiger charge is 2.48. The topological polar surface area (TPSA) is 128 Å². The van der Waals surface area contributed by atoms with Crippen LogP contribution in [0.1, 0.15) is 11.1 Å². The lowest BCUT2D eigenvalue weighted by atomic mass is 9.97. The number of pyridine rings is 1. The zero-order valence-corrected chi connectivity index (χ0v) is 20.0. The van der Waals surface area contributed by atoms with Crippen LogP contribution in [0, 0.1) is 5.82 Å². The fraction of sp³-hybridized carbons (Fsp3) is 0.238. The summed E-state index contributed by atoms with van der Waals surface area (Å²) in [5, 5.41) is 10.5. The van der Waals surface area contributed by atoms with Gasteiger partial charge in [-0.1, -0.05) is 29.8 Å². The minimum atomic E-state index is -5.86. The molecule has 0 aliphatic carbocycles. The van der Waals surface area contributed by atoms with Crippen molar-refractivity contribution in [3.63, 3.8) is 0 Å². The Balaban J connectivity index is 1.44. The Kier molecular flexibility index (Phi) is 7.21. The molecule has 10 nitrogen and oxygen atoms in total. The molecule has 0 amide bonds. The first-order valence-electron chi connectivity index (χ1n) is 10.3. The van der Waals surface area contributed by atoms with Gasteiger partial charge in [0.15, 0.2) is 0 Å². The molecule has 1 aliphatic rings. The third-order valence-electron chi connectivity index (χ3n) is 5.20. The summed E-state index contributed by atoms with van der Waals surface area (Å²) >= 11 is 5.82. The molecule has 0 saturated carbocycles. The van der Waals surface area contributed by atoms with Gasteiger partial charge in [0.1, 0.15) is 12.1 Å². The van der Waals surface area contributed by atoms with Crippen molar-refractivity contribution in [3.05, 3.63) is 81.4 Å². The van der Waals surface area contributed by atoms with Crippen molar-refractivity contribution in [2.24, 2.45) is 0 Å². The monoisotopic (exact) mass is 561 g/mol. The summed E-state index contributed by atoms with van der Waals surface area (Å²) in [6.45, 7) is 0.184. The van der Waals surface area contributed by atoms with Crippen LogP contribution in [0.5, 0.6) is 5.88 Å². The largest absolute Gasteiger partial charge is 0.534 e. The van der Waals surface area contributed by atoms with Crippen LogP contribution in [0.25, 0.3) is 5.57 Å². The van der Waals surface area contributed by atoms with Gasteiger partial charge in [0.05, 0.1) is 24.2 Å². The second-order valence-corrected chi connectivity index (χ2v) is 9.71. The number of β-amino-alcohol motifs (C(OH)–C–C–N with tert-alkyl or cyclic N) is 1. The number of aliphatic hydroxyl groups excluding tert-OH is 1. The quantitative estimate of drug-likeness (QED) is 0.274. The van der Waals surface area contributed by atoms with E-state index in [9.17, 15) is 35.9 Å². The van der Waals surface area contributed by atoms with E-state index in [0.717, 1.165) is 16.8 Å².